The van der Waals surface area contributed by atoms with Gasteiger partial charge in [-0.05, 0) is 42.7 Å². The Labute approximate surface area is 103 Å². The maximum atomic E-state index is 10.6. The highest BCUT2D eigenvalue weighted by Crippen LogP contribution is 2.38. The first-order valence-corrected chi connectivity index (χ1v) is 6.68. The van der Waals surface area contributed by atoms with Crippen LogP contribution in [0.4, 0.5) is 0 Å². The van der Waals surface area contributed by atoms with E-state index in [9.17, 15) is 5.11 Å². The van der Waals surface area contributed by atoms with E-state index in [1.165, 1.54) is 24.8 Å². The highest BCUT2D eigenvalue weighted by molar-refractivity contribution is 5.31. The molecule has 0 aromatic heterocycles. The maximum absolute atomic E-state index is 10.6. The van der Waals surface area contributed by atoms with Gasteiger partial charge in [-0.1, -0.05) is 30.7 Å². The molecule has 1 heterocycles. The Morgan fingerprint density at radius 1 is 1.24 bits per heavy atom. The Bertz CT molecular complexity index is 390. The summed E-state index contributed by atoms with van der Waals surface area (Å²) in [6, 6.07) is 8.51. The van der Waals surface area contributed by atoms with E-state index in [1.807, 2.05) is 6.07 Å². The minimum Gasteiger partial charge on any atom is -0.383 e. The van der Waals surface area contributed by atoms with Gasteiger partial charge in [-0.3, -0.25) is 0 Å². The summed E-state index contributed by atoms with van der Waals surface area (Å²) in [6.07, 6.45) is 5.73. The van der Waals surface area contributed by atoms with Crippen LogP contribution < -0.4 is 0 Å². The van der Waals surface area contributed by atoms with Gasteiger partial charge in [0.2, 0.25) is 0 Å². The lowest BCUT2D eigenvalue weighted by molar-refractivity contribution is -0.0903. The van der Waals surface area contributed by atoms with Crippen molar-refractivity contribution in [1.82, 2.24) is 0 Å². The van der Waals surface area contributed by atoms with Gasteiger partial charge in [-0.25, -0.2) is 0 Å². The molecule has 1 aromatic carbocycles. The zero-order valence-corrected chi connectivity index (χ0v) is 10.2. The monoisotopic (exact) mass is 232 g/mol. The van der Waals surface area contributed by atoms with Crippen molar-refractivity contribution in [1.29, 1.82) is 0 Å². The molecule has 1 N–H and O–H groups in total. The van der Waals surface area contributed by atoms with Crippen LogP contribution in [0, 0.1) is 0 Å². The molecular weight excluding hydrogens is 212 g/mol. The fourth-order valence-corrected chi connectivity index (χ4v) is 2.83. The van der Waals surface area contributed by atoms with E-state index in [4.69, 9.17) is 4.74 Å². The van der Waals surface area contributed by atoms with Gasteiger partial charge in [0.1, 0.15) is 5.60 Å². The molecule has 0 amide bonds. The molecule has 2 heteroatoms. The first-order valence-electron chi connectivity index (χ1n) is 6.68. The number of benzene rings is 1. The number of rotatable bonds is 2. The van der Waals surface area contributed by atoms with E-state index in [1.54, 1.807) is 0 Å². The van der Waals surface area contributed by atoms with Crippen LogP contribution in [0.15, 0.2) is 24.3 Å². The molecule has 2 aliphatic rings. The van der Waals surface area contributed by atoms with Crippen molar-refractivity contribution in [3.63, 3.8) is 0 Å². The first-order chi connectivity index (χ1) is 8.28. The van der Waals surface area contributed by atoms with Gasteiger partial charge >= 0.3 is 0 Å². The topological polar surface area (TPSA) is 29.5 Å². The highest BCUT2D eigenvalue weighted by atomic mass is 16.5. The van der Waals surface area contributed by atoms with Crippen molar-refractivity contribution in [2.45, 2.75) is 43.6 Å². The SMILES string of the molecule is OC1(c2cccc(C3CCC3)c2)CCCOC1. The van der Waals surface area contributed by atoms with Gasteiger partial charge in [0.25, 0.3) is 0 Å². The predicted molar refractivity (Wildman–Crippen MR) is 67.0 cm³/mol. The van der Waals surface area contributed by atoms with Gasteiger partial charge < -0.3 is 9.84 Å². The van der Waals surface area contributed by atoms with Crippen molar-refractivity contribution in [2.24, 2.45) is 0 Å². The summed E-state index contributed by atoms with van der Waals surface area (Å²) in [5.74, 6) is 0.725. The Balaban J connectivity index is 1.86. The minimum absolute atomic E-state index is 0.446. The Morgan fingerprint density at radius 2 is 2.12 bits per heavy atom. The van der Waals surface area contributed by atoms with Crippen molar-refractivity contribution < 1.29 is 9.84 Å². The van der Waals surface area contributed by atoms with Gasteiger partial charge in [0.15, 0.2) is 0 Å². The van der Waals surface area contributed by atoms with Crippen LogP contribution in [0.1, 0.15) is 49.1 Å². The molecule has 92 valence electrons. The minimum atomic E-state index is -0.752. The van der Waals surface area contributed by atoms with Crippen molar-refractivity contribution in [3.8, 4) is 0 Å². The summed E-state index contributed by atoms with van der Waals surface area (Å²) in [5.41, 5.74) is 1.69. The third kappa shape index (κ3) is 2.12. The van der Waals surface area contributed by atoms with Crippen molar-refractivity contribution in [3.05, 3.63) is 35.4 Å². The van der Waals surface area contributed by atoms with Crippen LogP contribution in [0.3, 0.4) is 0 Å². The molecule has 3 rings (SSSR count). The average Bonchev–Trinajstić information content (AvgIpc) is 2.28. The molecule has 1 saturated heterocycles. The lowest BCUT2D eigenvalue weighted by Gasteiger charge is -2.34. The molecule has 1 aliphatic heterocycles. The fourth-order valence-electron chi connectivity index (χ4n) is 2.83. The average molecular weight is 232 g/mol. The Hall–Kier alpha value is -0.860. The van der Waals surface area contributed by atoms with Gasteiger partial charge in [-0.2, -0.15) is 0 Å². The van der Waals surface area contributed by atoms with Crippen LogP contribution >= 0.6 is 0 Å². The normalized spacial score (nSPS) is 29.9. The van der Waals surface area contributed by atoms with Gasteiger partial charge in [0, 0.05) is 6.61 Å². The van der Waals surface area contributed by atoms with Gasteiger partial charge in [0.05, 0.1) is 6.61 Å². The first kappa shape index (κ1) is 11.2. The van der Waals surface area contributed by atoms with E-state index < -0.39 is 5.60 Å². The van der Waals surface area contributed by atoms with Crippen LogP contribution in [-0.4, -0.2) is 18.3 Å². The van der Waals surface area contributed by atoms with E-state index >= 15 is 0 Å². The zero-order valence-electron chi connectivity index (χ0n) is 10.2. The Kier molecular flexibility index (Phi) is 2.93. The van der Waals surface area contributed by atoms with E-state index in [0.29, 0.717) is 6.61 Å². The van der Waals surface area contributed by atoms with Crippen LogP contribution in [-0.2, 0) is 10.3 Å². The molecule has 0 spiro atoms. The molecule has 1 saturated carbocycles. The molecule has 1 atom stereocenters. The fraction of sp³-hybridized carbons (Fsp3) is 0.600. The van der Waals surface area contributed by atoms with Crippen LogP contribution in [0.2, 0.25) is 0 Å². The summed E-state index contributed by atoms with van der Waals surface area (Å²) in [4.78, 5) is 0. The number of aliphatic hydroxyl groups is 1. The lowest BCUT2D eigenvalue weighted by Crippen LogP contribution is -2.35. The largest absolute Gasteiger partial charge is 0.383 e. The maximum Gasteiger partial charge on any atom is 0.113 e. The number of hydrogen-bond acceptors (Lipinski definition) is 2. The summed E-state index contributed by atoms with van der Waals surface area (Å²) in [5, 5.41) is 10.6. The predicted octanol–water partition coefficient (Wildman–Crippen LogP) is 2.95. The summed E-state index contributed by atoms with van der Waals surface area (Å²) < 4.78 is 5.43. The van der Waals surface area contributed by atoms with E-state index in [2.05, 4.69) is 18.2 Å². The van der Waals surface area contributed by atoms with Crippen LogP contribution in [0.5, 0.6) is 0 Å². The molecule has 0 radical (unpaired) electrons. The van der Waals surface area contributed by atoms with Crippen LogP contribution in [0.25, 0.3) is 0 Å². The molecule has 1 unspecified atom stereocenters. The second-order valence-corrected chi connectivity index (χ2v) is 5.44. The second kappa shape index (κ2) is 4.43. The summed E-state index contributed by atoms with van der Waals surface area (Å²) in [6.45, 7) is 1.23. The molecule has 2 fully saturated rings. The zero-order chi connectivity index (χ0) is 11.7. The lowest BCUT2D eigenvalue weighted by atomic mass is 9.78. The quantitative estimate of drug-likeness (QED) is 0.849. The van der Waals surface area contributed by atoms with E-state index in [-0.39, 0.29) is 0 Å². The molecule has 1 aromatic rings. The molecule has 17 heavy (non-hydrogen) atoms. The van der Waals surface area contributed by atoms with E-state index in [0.717, 1.165) is 30.9 Å². The molecule has 0 bridgehead atoms. The standard InChI is InChI=1S/C15H20O2/c16-15(8-3-9-17-11-15)14-7-2-6-13(10-14)12-4-1-5-12/h2,6-7,10,12,16H,1,3-5,8-9,11H2. The smallest absolute Gasteiger partial charge is 0.113 e. The van der Waals surface area contributed by atoms with Crippen molar-refractivity contribution >= 4 is 0 Å². The summed E-state index contributed by atoms with van der Waals surface area (Å²) in [7, 11) is 0. The molecular formula is C15H20O2. The third-order valence-corrected chi connectivity index (χ3v) is 4.22. The second-order valence-electron chi connectivity index (χ2n) is 5.44. The highest BCUT2D eigenvalue weighted by Gasteiger charge is 2.32. The Morgan fingerprint density at radius 3 is 2.76 bits per heavy atom. The molecule has 1 aliphatic carbocycles. The summed E-state index contributed by atoms with van der Waals surface area (Å²) >= 11 is 0. The van der Waals surface area contributed by atoms with Crippen molar-refractivity contribution in [2.75, 3.05) is 13.2 Å². The number of ether oxygens (including phenoxy) is 1. The number of hydrogen-bond donors (Lipinski definition) is 1. The third-order valence-electron chi connectivity index (χ3n) is 4.22. The molecule has 2 nitrogen and oxygen atoms in total. The van der Waals surface area contributed by atoms with Gasteiger partial charge in [-0.15, -0.1) is 0 Å².